The summed E-state index contributed by atoms with van der Waals surface area (Å²) >= 11 is 1.01. The van der Waals surface area contributed by atoms with E-state index in [0.717, 1.165) is 23.9 Å². The van der Waals surface area contributed by atoms with E-state index in [1.165, 1.54) is 22.9 Å². The zero-order valence-electron chi connectivity index (χ0n) is 18.1. The van der Waals surface area contributed by atoms with Gasteiger partial charge in [0.15, 0.2) is 11.0 Å². The van der Waals surface area contributed by atoms with Crippen LogP contribution in [0.5, 0.6) is 0 Å². The lowest BCUT2D eigenvalue weighted by atomic mass is 9.90. The number of nitrogens with zero attached hydrogens (tertiary/aromatic N) is 5. The number of nitriles is 1. The lowest BCUT2D eigenvalue weighted by Crippen LogP contribution is -2.49. The highest BCUT2D eigenvalue weighted by Gasteiger charge is 2.32. The molecule has 33 heavy (non-hydrogen) atoms. The summed E-state index contributed by atoms with van der Waals surface area (Å²) in [6.45, 7) is 5.27. The molecule has 0 aliphatic rings. The lowest BCUT2D eigenvalue weighted by Gasteiger charge is -2.27. The number of nitrogens with one attached hydrogen (secondary N) is 1. The van der Waals surface area contributed by atoms with Crippen molar-refractivity contribution < 1.29 is 18.0 Å². The third-order valence-electron chi connectivity index (χ3n) is 5.10. The monoisotopic (exact) mass is 474 g/mol. The molecular weight excluding hydrogens is 453 g/mol. The molecule has 0 fully saturated rings. The van der Waals surface area contributed by atoms with E-state index in [4.69, 9.17) is 0 Å². The highest BCUT2D eigenvalue weighted by atomic mass is 32.2. The van der Waals surface area contributed by atoms with E-state index in [0.29, 0.717) is 5.56 Å². The Kier molecular flexibility index (Phi) is 7.07. The molecule has 7 nitrogen and oxygen atoms in total. The molecule has 11 heteroatoms. The van der Waals surface area contributed by atoms with Crippen LogP contribution in [0.1, 0.15) is 26.3 Å². The molecule has 1 unspecified atom stereocenters. The van der Waals surface area contributed by atoms with Gasteiger partial charge in [0.25, 0.3) is 0 Å². The average molecular weight is 475 g/mol. The zero-order chi connectivity index (χ0) is 24.2. The molecule has 0 radical (unpaired) electrons. The van der Waals surface area contributed by atoms with Gasteiger partial charge in [-0.15, -0.1) is 10.2 Å². The number of hydrogen-bond acceptors (Lipinski definition) is 6. The maximum atomic E-state index is 13.3. The van der Waals surface area contributed by atoms with Gasteiger partial charge in [0.2, 0.25) is 5.91 Å². The molecular formula is C22H21F3N6OS. The van der Waals surface area contributed by atoms with Crippen LogP contribution in [0.3, 0.4) is 0 Å². The minimum atomic E-state index is -4.52. The molecule has 0 saturated carbocycles. The quantitative estimate of drug-likeness (QED) is 0.507. The first-order valence-electron chi connectivity index (χ1n) is 9.93. The Labute approximate surface area is 193 Å². The molecule has 0 aliphatic heterocycles. The van der Waals surface area contributed by atoms with Gasteiger partial charge in [-0.1, -0.05) is 31.7 Å². The van der Waals surface area contributed by atoms with E-state index in [2.05, 4.69) is 26.6 Å². The van der Waals surface area contributed by atoms with Crippen molar-refractivity contribution in [2.24, 2.45) is 5.92 Å². The fourth-order valence-electron chi connectivity index (χ4n) is 2.86. The Morgan fingerprint density at radius 3 is 2.61 bits per heavy atom. The second-order valence-electron chi connectivity index (χ2n) is 7.74. The largest absolute Gasteiger partial charge is 0.416 e. The molecule has 172 valence electrons. The van der Waals surface area contributed by atoms with Crippen molar-refractivity contribution >= 4 is 17.7 Å². The Morgan fingerprint density at radius 1 is 1.24 bits per heavy atom. The van der Waals surface area contributed by atoms with Crippen LogP contribution >= 0.6 is 11.8 Å². The predicted octanol–water partition coefficient (Wildman–Crippen LogP) is 4.49. The van der Waals surface area contributed by atoms with Crippen LogP contribution < -0.4 is 5.32 Å². The number of alkyl halides is 3. The molecule has 0 bridgehead atoms. The van der Waals surface area contributed by atoms with Crippen LogP contribution in [0.2, 0.25) is 0 Å². The molecule has 0 saturated heterocycles. The van der Waals surface area contributed by atoms with Gasteiger partial charge < -0.3 is 5.32 Å². The first kappa shape index (κ1) is 24.3. The number of carbonyl (C=O) groups is 1. The van der Waals surface area contributed by atoms with Gasteiger partial charge in [-0.3, -0.25) is 14.3 Å². The smallest absolute Gasteiger partial charge is 0.337 e. The highest BCUT2D eigenvalue weighted by molar-refractivity contribution is 7.99. The fourth-order valence-corrected chi connectivity index (χ4v) is 3.61. The summed E-state index contributed by atoms with van der Waals surface area (Å²) in [5, 5.41) is 20.6. The predicted molar refractivity (Wildman–Crippen MR) is 117 cm³/mol. The topological polar surface area (TPSA) is 96.5 Å². The fraction of sp³-hybridized carbons (Fsp3) is 0.318. The van der Waals surface area contributed by atoms with Gasteiger partial charge in [-0.25, -0.2) is 0 Å². The minimum Gasteiger partial charge on any atom is -0.337 e. The van der Waals surface area contributed by atoms with Crippen molar-refractivity contribution in [1.82, 2.24) is 25.1 Å². The van der Waals surface area contributed by atoms with Crippen molar-refractivity contribution in [3.05, 3.63) is 54.4 Å². The molecule has 2 heterocycles. The first-order valence-corrected chi connectivity index (χ1v) is 10.9. The summed E-state index contributed by atoms with van der Waals surface area (Å²) in [6, 6.07) is 10.3. The summed E-state index contributed by atoms with van der Waals surface area (Å²) in [7, 11) is 0. The van der Waals surface area contributed by atoms with E-state index in [1.54, 1.807) is 25.3 Å². The van der Waals surface area contributed by atoms with E-state index in [-0.39, 0.29) is 28.3 Å². The summed E-state index contributed by atoms with van der Waals surface area (Å²) < 4.78 is 41.4. The second kappa shape index (κ2) is 9.62. The van der Waals surface area contributed by atoms with Gasteiger partial charge in [0, 0.05) is 18.0 Å². The van der Waals surface area contributed by atoms with Crippen LogP contribution in [0.15, 0.2) is 53.9 Å². The average Bonchev–Trinajstić information content (AvgIpc) is 3.21. The van der Waals surface area contributed by atoms with Crippen molar-refractivity contribution in [1.29, 1.82) is 5.26 Å². The van der Waals surface area contributed by atoms with Crippen molar-refractivity contribution in [3.8, 4) is 23.1 Å². The molecule has 3 rings (SSSR count). The second-order valence-corrected chi connectivity index (χ2v) is 8.68. The third kappa shape index (κ3) is 5.51. The van der Waals surface area contributed by atoms with Crippen LogP contribution in [0, 0.1) is 17.2 Å². The van der Waals surface area contributed by atoms with Gasteiger partial charge in [-0.2, -0.15) is 18.4 Å². The van der Waals surface area contributed by atoms with Gasteiger partial charge in [0.1, 0.15) is 5.54 Å². The van der Waals surface area contributed by atoms with Gasteiger partial charge in [0.05, 0.1) is 23.1 Å². The summed E-state index contributed by atoms with van der Waals surface area (Å²) in [5.41, 5.74) is -1.12. The summed E-state index contributed by atoms with van der Waals surface area (Å²) in [4.78, 5) is 16.5. The minimum absolute atomic E-state index is 0.103. The number of rotatable bonds is 7. The van der Waals surface area contributed by atoms with Crippen molar-refractivity contribution in [3.63, 3.8) is 0 Å². The lowest BCUT2D eigenvalue weighted by molar-refractivity contribution is -0.137. The SMILES string of the molecule is CC(C)C(C)(C#N)NC(=O)CSc1nnc(-c2cccnc2)n1-c1cccc(C(F)(F)F)c1. The van der Waals surface area contributed by atoms with Gasteiger partial charge in [-0.05, 0) is 43.2 Å². The number of amides is 1. The van der Waals surface area contributed by atoms with E-state index in [9.17, 15) is 23.2 Å². The third-order valence-corrected chi connectivity index (χ3v) is 6.03. The number of thioether (sulfide) groups is 1. The maximum Gasteiger partial charge on any atom is 0.416 e. The number of benzene rings is 1. The molecule has 2 aromatic heterocycles. The van der Waals surface area contributed by atoms with Crippen LogP contribution in [-0.4, -0.2) is 36.9 Å². The van der Waals surface area contributed by atoms with Crippen LogP contribution in [0.25, 0.3) is 17.1 Å². The van der Waals surface area contributed by atoms with Crippen LogP contribution in [-0.2, 0) is 11.0 Å². The number of pyridine rings is 1. The Bertz CT molecular complexity index is 1170. The number of aromatic nitrogens is 4. The number of halogens is 3. The molecule has 0 aliphatic carbocycles. The van der Waals surface area contributed by atoms with E-state index in [1.807, 2.05) is 13.8 Å². The highest BCUT2D eigenvalue weighted by Crippen LogP contribution is 2.33. The number of hydrogen-bond donors (Lipinski definition) is 1. The standard InChI is InChI=1S/C22H21F3N6OS/c1-14(2)21(3,13-26)28-18(32)12-33-20-30-29-19(15-6-5-9-27-11-15)31(20)17-8-4-7-16(10-17)22(23,24)25/h4-11,14H,12H2,1-3H3,(H,28,32). The number of carbonyl (C=O) groups excluding carboxylic acids is 1. The van der Waals surface area contributed by atoms with Gasteiger partial charge >= 0.3 is 6.18 Å². The molecule has 1 aromatic carbocycles. The summed E-state index contributed by atoms with van der Waals surface area (Å²) in [5.74, 6) is -0.343. The van der Waals surface area contributed by atoms with Crippen molar-refractivity contribution in [2.75, 3.05) is 5.75 Å². The molecule has 1 N–H and O–H groups in total. The van der Waals surface area contributed by atoms with E-state index < -0.39 is 23.2 Å². The Morgan fingerprint density at radius 2 is 2.00 bits per heavy atom. The molecule has 1 amide bonds. The first-order chi connectivity index (χ1) is 15.5. The normalized spacial score (nSPS) is 13.4. The molecule has 1 atom stereocenters. The van der Waals surface area contributed by atoms with E-state index >= 15 is 0 Å². The molecule has 3 aromatic rings. The Hall–Kier alpha value is -3.39. The zero-order valence-corrected chi connectivity index (χ0v) is 18.9. The molecule has 0 spiro atoms. The van der Waals surface area contributed by atoms with Crippen molar-refractivity contribution in [2.45, 2.75) is 37.6 Å². The van der Waals surface area contributed by atoms with Crippen LogP contribution in [0.4, 0.5) is 13.2 Å². The summed E-state index contributed by atoms with van der Waals surface area (Å²) in [6.07, 6.45) is -1.43. The maximum absolute atomic E-state index is 13.3. The Balaban J connectivity index is 1.96.